The highest BCUT2D eigenvalue weighted by atomic mass is 32.2. The van der Waals surface area contributed by atoms with E-state index in [9.17, 15) is 13.2 Å². The van der Waals surface area contributed by atoms with Crippen LogP contribution in [-0.2, 0) is 14.6 Å². The Bertz CT molecular complexity index is 1490. The number of nitrogens with zero attached hydrogens (tertiary/aromatic N) is 2. The molecule has 38 heavy (non-hydrogen) atoms. The van der Waals surface area contributed by atoms with Gasteiger partial charge in [0.2, 0.25) is 5.56 Å². The van der Waals surface area contributed by atoms with Crippen molar-refractivity contribution in [2.24, 2.45) is 0 Å². The van der Waals surface area contributed by atoms with E-state index in [1.54, 1.807) is 29.6 Å². The van der Waals surface area contributed by atoms with Crippen molar-refractivity contribution >= 4 is 44.7 Å². The summed E-state index contributed by atoms with van der Waals surface area (Å²) in [6.45, 7) is 5.72. The molecule has 2 fully saturated rings. The van der Waals surface area contributed by atoms with Gasteiger partial charge in [-0.1, -0.05) is 35.7 Å². The van der Waals surface area contributed by atoms with Crippen molar-refractivity contribution in [3.05, 3.63) is 58.9 Å². The lowest BCUT2D eigenvalue weighted by atomic mass is 10.1. The van der Waals surface area contributed by atoms with Gasteiger partial charge in [-0.2, -0.15) is 0 Å². The van der Waals surface area contributed by atoms with Crippen LogP contribution in [0.5, 0.6) is 0 Å². The molecule has 0 spiro atoms. The molecule has 8 nitrogen and oxygen atoms in total. The molecule has 0 bridgehead atoms. The average Bonchev–Trinajstić information content (AvgIpc) is 2.92. The molecule has 0 radical (unpaired) electrons. The summed E-state index contributed by atoms with van der Waals surface area (Å²) in [6, 6.07) is 16.4. The second-order valence-corrected chi connectivity index (χ2v) is 14.1. The van der Waals surface area contributed by atoms with Gasteiger partial charge < -0.3 is 19.9 Å². The van der Waals surface area contributed by atoms with Crippen molar-refractivity contribution in [2.45, 2.75) is 19.6 Å². The van der Waals surface area contributed by atoms with Crippen LogP contribution in [-0.4, -0.2) is 82.3 Å². The predicted octanol–water partition coefficient (Wildman–Crippen LogP) is 3.64. The second-order valence-electron chi connectivity index (χ2n) is 9.63. The van der Waals surface area contributed by atoms with Gasteiger partial charge in [-0.05, 0) is 30.3 Å². The third-order valence-corrected chi connectivity index (χ3v) is 11.2. The van der Waals surface area contributed by atoms with Gasteiger partial charge in [0.05, 0.1) is 30.4 Å². The maximum atomic E-state index is 12.6. The monoisotopic (exact) mass is 570 g/mol. The molecule has 0 amide bonds. The maximum Gasteiger partial charge on any atom is 0.250 e. The molecular formula is C27H30N4O4S3. The number of sulfone groups is 1. The topological polar surface area (TPSA) is 94.7 Å². The number of benzene rings is 2. The Balaban J connectivity index is 1.17. The molecule has 2 aromatic carbocycles. The normalized spacial score (nSPS) is 19.0. The van der Waals surface area contributed by atoms with Crippen molar-refractivity contribution in [3.8, 4) is 11.3 Å². The van der Waals surface area contributed by atoms with Crippen molar-refractivity contribution in [1.82, 2.24) is 9.88 Å². The summed E-state index contributed by atoms with van der Waals surface area (Å²) in [7, 11) is -2.85. The van der Waals surface area contributed by atoms with Crippen LogP contribution >= 0.6 is 23.5 Å². The fraction of sp³-hybridized carbons (Fsp3) is 0.370. The van der Waals surface area contributed by atoms with Crippen LogP contribution in [0.25, 0.3) is 11.3 Å². The molecule has 0 unspecified atom stereocenters. The Hall–Kier alpha value is -2.44. The minimum absolute atomic E-state index is 0.0997. The lowest BCUT2D eigenvalue weighted by Gasteiger charge is -2.29. The summed E-state index contributed by atoms with van der Waals surface area (Å²) >= 11 is 3.48. The van der Waals surface area contributed by atoms with Gasteiger partial charge in [-0.15, -0.1) is 0 Å². The molecule has 2 saturated heterocycles. The summed E-state index contributed by atoms with van der Waals surface area (Å²) in [4.78, 5) is 24.8. The molecular weight excluding hydrogens is 541 g/mol. The van der Waals surface area contributed by atoms with Gasteiger partial charge >= 0.3 is 0 Å². The van der Waals surface area contributed by atoms with E-state index in [1.165, 1.54) is 14.7 Å². The number of hydrogen-bond acceptors (Lipinski definition) is 9. The van der Waals surface area contributed by atoms with E-state index < -0.39 is 9.84 Å². The first-order chi connectivity index (χ1) is 18.4. The molecule has 11 heteroatoms. The number of hydrogen-bond donors (Lipinski definition) is 2. The van der Waals surface area contributed by atoms with E-state index in [2.05, 4.69) is 56.5 Å². The highest BCUT2D eigenvalue weighted by Crippen LogP contribution is 2.52. The van der Waals surface area contributed by atoms with Crippen molar-refractivity contribution in [1.29, 1.82) is 0 Å². The van der Waals surface area contributed by atoms with Crippen LogP contribution in [0.4, 0.5) is 11.4 Å². The summed E-state index contributed by atoms with van der Waals surface area (Å²) < 4.78 is 28.8. The number of pyridine rings is 1. The molecule has 200 valence electrons. The number of aromatic amines is 1. The number of fused-ring (bicyclic) bond motifs is 2. The molecule has 1 aromatic heterocycles. The van der Waals surface area contributed by atoms with E-state index in [0.717, 1.165) is 53.7 Å². The smallest absolute Gasteiger partial charge is 0.250 e. The Morgan fingerprint density at radius 2 is 1.74 bits per heavy atom. The second kappa shape index (κ2) is 11.0. The highest BCUT2D eigenvalue weighted by molar-refractivity contribution is 8.05. The van der Waals surface area contributed by atoms with E-state index in [4.69, 9.17) is 4.74 Å². The minimum atomic E-state index is -2.85. The van der Waals surface area contributed by atoms with Crippen molar-refractivity contribution < 1.29 is 13.2 Å². The number of morpholine rings is 1. The molecule has 2 N–H and O–H groups in total. The Morgan fingerprint density at radius 3 is 2.55 bits per heavy atom. The lowest BCUT2D eigenvalue weighted by Crippen LogP contribution is -2.42. The molecule has 4 heterocycles. The Kier molecular flexibility index (Phi) is 7.45. The summed E-state index contributed by atoms with van der Waals surface area (Å²) in [5.41, 5.74) is 3.75. The van der Waals surface area contributed by atoms with Crippen LogP contribution in [0.1, 0.15) is 0 Å². The molecule has 3 aliphatic heterocycles. The quantitative estimate of drug-likeness (QED) is 0.360. The molecule has 3 aromatic rings. The van der Waals surface area contributed by atoms with Gasteiger partial charge in [0.1, 0.15) is 0 Å². The zero-order valence-electron chi connectivity index (χ0n) is 20.9. The molecule has 6 rings (SSSR count). The fourth-order valence-corrected chi connectivity index (χ4v) is 8.62. The molecule has 0 atom stereocenters. The highest BCUT2D eigenvalue weighted by Gasteiger charge is 2.23. The van der Waals surface area contributed by atoms with Crippen LogP contribution in [0.15, 0.2) is 72.9 Å². The van der Waals surface area contributed by atoms with Crippen molar-refractivity contribution in [2.75, 3.05) is 74.2 Å². The first kappa shape index (κ1) is 25.8. The molecule has 0 aliphatic carbocycles. The molecule has 0 saturated carbocycles. The fourth-order valence-electron chi connectivity index (χ4n) is 4.93. The van der Waals surface area contributed by atoms with Gasteiger partial charge in [0.25, 0.3) is 0 Å². The number of H-pyrrole nitrogens is 1. The predicted molar refractivity (Wildman–Crippen MR) is 154 cm³/mol. The zero-order valence-corrected chi connectivity index (χ0v) is 23.4. The number of ether oxygens (including phenoxy) is 1. The lowest BCUT2D eigenvalue weighted by molar-refractivity contribution is 0.122. The summed E-state index contributed by atoms with van der Waals surface area (Å²) in [6.07, 6.45) is 0. The van der Waals surface area contributed by atoms with E-state index in [1.807, 2.05) is 6.07 Å². The number of rotatable bonds is 6. The Morgan fingerprint density at radius 1 is 0.921 bits per heavy atom. The summed E-state index contributed by atoms with van der Waals surface area (Å²) in [5.74, 6) is 0.513. The SMILES string of the molecule is O=c1cc(N2CCOCC2)cc(-c2cccc3c2Sc2ccc(NCCN4CCS(=O)(=O)CC4)cc2S3)[nH]1. The van der Waals surface area contributed by atoms with Gasteiger partial charge in [-0.25, -0.2) is 8.42 Å². The minimum Gasteiger partial charge on any atom is -0.384 e. The van der Waals surface area contributed by atoms with E-state index in [0.29, 0.717) is 26.3 Å². The third kappa shape index (κ3) is 5.76. The standard InChI is InChI=1S/C27H30N4O4S3/c32-26-18-20(31-8-12-35-13-9-31)17-22(29-26)21-2-1-3-24-27(21)37-23-5-4-19(16-25(23)36-24)28-6-7-30-10-14-38(33,34)15-11-30/h1-5,16-18,28H,6-15H2,(H,29,32). The van der Waals surface area contributed by atoms with Crippen molar-refractivity contribution in [3.63, 3.8) is 0 Å². The number of anilines is 2. The Labute approximate surface area is 231 Å². The van der Waals surface area contributed by atoms with Crippen LogP contribution < -0.4 is 15.8 Å². The van der Waals surface area contributed by atoms with Crippen LogP contribution in [0.3, 0.4) is 0 Å². The number of aromatic nitrogens is 1. The van der Waals surface area contributed by atoms with Gasteiger partial charge in [-0.3, -0.25) is 9.69 Å². The van der Waals surface area contributed by atoms with Crippen LogP contribution in [0.2, 0.25) is 0 Å². The summed E-state index contributed by atoms with van der Waals surface area (Å²) in [5, 5.41) is 3.50. The number of nitrogens with one attached hydrogen (secondary N) is 2. The molecule has 3 aliphatic rings. The van der Waals surface area contributed by atoms with E-state index in [-0.39, 0.29) is 17.1 Å². The van der Waals surface area contributed by atoms with E-state index >= 15 is 0 Å². The first-order valence-corrected chi connectivity index (χ1v) is 16.3. The maximum absolute atomic E-state index is 12.6. The largest absolute Gasteiger partial charge is 0.384 e. The first-order valence-electron chi connectivity index (χ1n) is 12.8. The zero-order chi connectivity index (χ0) is 26.1. The van der Waals surface area contributed by atoms with Gasteiger partial charge in [0.15, 0.2) is 9.84 Å². The third-order valence-electron chi connectivity index (χ3n) is 7.04. The average molecular weight is 571 g/mol. The van der Waals surface area contributed by atoms with Crippen LogP contribution in [0, 0.1) is 0 Å². The van der Waals surface area contributed by atoms with Gasteiger partial charge in [0, 0.05) is 81.9 Å².